The van der Waals surface area contributed by atoms with Gasteiger partial charge in [-0.3, -0.25) is 4.79 Å². The molecule has 1 amide bonds. The summed E-state index contributed by atoms with van der Waals surface area (Å²) in [5.41, 5.74) is 0.412. The van der Waals surface area contributed by atoms with Crippen LogP contribution in [-0.4, -0.2) is 31.7 Å². The summed E-state index contributed by atoms with van der Waals surface area (Å²) >= 11 is 1.24. The highest BCUT2D eigenvalue weighted by molar-refractivity contribution is 7.91. The highest BCUT2D eigenvalue weighted by atomic mass is 32.2. The molecule has 0 aliphatic carbocycles. The maximum atomic E-state index is 13.7. The minimum Gasteiger partial charge on any atom is -0.352 e. The minimum atomic E-state index is -3.57. The summed E-state index contributed by atoms with van der Waals surface area (Å²) in [6.07, 6.45) is 1.25. The zero-order chi connectivity index (χ0) is 18.7. The van der Waals surface area contributed by atoms with Gasteiger partial charge in [0.25, 0.3) is 10.0 Å². The van der Waals surface area contributed by atoms with Crippen LogP contribution in [0.15, 0.2) is 40.6 Å². The third kappa shape index (κ3) is 4.13. The second-order valence-corrected chi connectivity index (χ2v) is 9.83. The number of thiophene rings is 1. The van der Waals surface area contributed by atoms with Crippen LogP contribution in [0, 0.1) is 18.7 Å². The Morgan fingerprint density at radius 1 is 1.31 bits per heavy atom. The van der Waals surface area contributed by atoms with E-state index >= 15 is 0 Å². The summed E-state index contributed by atoms with van der Waals surface area (Å²) in [6, 6.07) is 9.66. The van der Waals surface area contributed by atoms with Gasteiger partial charge in [-0.15, -0.1) is 11.3 Å². The van der Waals surface area contributed by atoms with E-state index < -0.39 is 15.9 Å². The average Bonchev–Trinajstić information content (AvgIpc) is 3.08. The summed E-state index contributed by atoms with van der Waals surface area (Å²) in [6.45, 7) is 2.52. The van der Waals surface area contributed by atoms with E-state index in [2.05, 4.69) is 5.32 Å². The zero-order valence-electron chi connectivity index (χ0n) is 14.4. The molecule has 1 fully saturated rings. The number of carbonyl (C=O) groups excluding carboxylic acids is 1. The Labute approximate surface area is 156 Å². The Morgan fingerprint density at radius 3 is 2.77 bits per heavy atom. The van der Waals surface area contributed by atoms with Gasteiger partial charge in [-0.1, -0.05) is 18.2 Å². The van der Waals surface area contributed by atoms with Gasteiger partial charge in [0, 0.05) is 30.1 Å². The molecule has 8 heteroatoms. The van der Waals surface area contributed by atoms with Gasteiger partial charge in [0.2, 0.25) is 5.91 Å². The number of hydrogen-bond donors (Lipinski definition) is 1. The number of aryl methyl sites for hydroxylation is 1. The fraction of sp³-hybridized carbons (Fsp3) is 0.389. The van der Waals surface area contributed by atoms with Crippen LogP contribution in [-0.2, 0) is 21.4 Å². The number of amides is 1. The van der Waals surface area contributed by atoms with Crippen molar-refractivity contribution in [1.29, 1.82) is 0 Å². The molecule has 26 heavy (non-hydrogen) atoms. The van der Waals surface area contributed by atoms with Crippen LogP contribution in [0.25, 0.3) is 0 Å². The molecule has 1 aliphatic rings. The molecule has 0 spiro atoms. The molecule has 1 aliphatic heterocycles. The van der Waals surface area contributed by atoms with E-state index in [1.54, 1.807) is 30.3 Å². The number of halogens is 1. The van der Waals surface area contributed by atoms with E-state index in [-0.39, 0.29) is 24.8 Å². The van der Waals surface area contributed by atoms with Crippen molar-refractivity contribution < 1.29 is 17.6 Å². The molecule has 1 atom stereocenters. The second kappa shape index (κ2) is 7.85. The Hall–Kier alpha value is -1.77. The van der Waals surface area contributed by atoms with Gasteiger partial charge < -0.3 is 5.32 Å². The number of piperidine rings is 1. The average molecular weight is 397 g/mol. The number of rotatable bonds is 5. The van der Waals surface area contributed by atoms with Crippen molar-refractivity contribution in [1.82, 2.24) is 9.62 Å². The Kier molecular flexibility index (Phi) is 5.74. The molecule has 0 saturated carbocycles. The lowest BCUT2D eigenvalue weighted by molar-refractivity contribution is -0.126. The van der Waals surface area contributed by atoms with E-state index in [9.17, 15) is 17.6 Å². The molecule has 140 valence electrons. The quantitative estimate of drug-likeness (QED) is 0.845. The lowest BCUT2D eigenvalue weighted by Crippen LogP contribution is -2.45. The standard InChI is InChI=1S/C18H21FN2O3S2/c1-13-8-9-17(25-13)26(23,24)21-10-4-6-15(12-21)18(22)20-11-14-5-2-3-7-16(14)19/h2-3,5,7-9,15H,4,6,10-12H2,1H3,(H,20,22)/t15-/m0/s1. The smallest absolute Gasteiger partial charge is 0.252 e. The molecule has 1 N–H and O–H groups in total. The number of nitrogens with one attached hydrogen (secondary N) is 1. The molecule has 5 nitrogen and oxygen atoms in total. The first kappa shape index (κ1) is 19.0. The molecular formula is C18H21FN2O3S2. The molecule has 0 unspecified atom stereocenters. The Bertz CT molecular complexity index is 895. The second-order valence-electron chi connectivity index (χ2n) is 6.38. The summed E-state index contributed by atoms with van der Waals surface area (Å²) in [5, 5.41) is 2.73. The van der Waals surface area contributed by atoms with Gasteiger partial charge in [-0.05, 0) is 38.0 Å². The number of benzene rings is 1. The van der Waals surface area contributed by atoms with Gasteiger partial charge >= 0.3 is 0 Å². The van der Waals surface area contributed by atoms with Gasteiger partial charge in [0.1, 0.15) is 10.0 Å². The molecule has 1 aromatic carbocycles. The maximum absolute atomic E-state index is 13.7. The number of hydrogen-bond acceptors (Lipinski definition) is 4. The molecule has 1 saturated heterocycles. The first-order chi connectivity index (χ1) is 12.4. The van der Waals surface area contributed by atoms with Crippen molar-refractivity contribution in [2.75, 3.05) is 13.1 Å². The zero-order valence-corrected chi connectivity index (χ0v) is 16.1. The predicted molar refractivity (Wildman–Crippen MR) is 98.8 cm³/mol. The molecule has 3 rings (SSSR count). The van der Waals surface area contributed by atoms with Crippen LogP contribution in [0.4, 0.5) is 4.39 Å². The van der Waals surface area contributed by atoms with E-state index in [0.29, 0.717) is 29.2 Å². The lowest BCUT2D eigenvalue weighted by atomic mass is 9.98. The van der Waals surface area contributed by atoms with Crippen molar-refractivity contribution in [2.24, 2.45) is 5.92 Å². The maximum Gasteiger partial charge on any atom is 0.252 e. The van der Waals surface area contributed by atoms with E-state index in [0.717, 1.165) is 4.88 Å². The Morgan fingerprint density at radius 2 is 2.08 bits per heavy atom. The summed E-state index contributed by atoms with van der Waals surface area (Å²) in [5.74, 6) is -1.03. The molecular weight excluding hydrogens is 375 g/mol. The molecule has 0 bridgehead atoms. The SMILES string of the molecule is Cc1ccc(S(=O)(=O)N2CCC[C@H](C(=O)NCc3ccccc3F)C2)s1. The number of sulfonamides is 1. The normalized spacial score (nSPS) is 18.6. The van der Waals surface area contributed by atoms with Crippen LogP contribution in [0.3, 0.4) is 0 Å². The third-order valence-electron chi connectivity index (χ3n) is 4.48. The van der Waals surface area contributed by atoms with Crippen LogP contribution < -0.4 is 5.32 Å². The van der Waals surface area contributed by atoms with E-state index in [4.69, 9.17) is 0 Å². The van der Waals surface area contributed by atoms with Crippen LogP contribution in [0.2, 0.25) is 0 Å². The van der Waals surface area contributed by atoms with Gasteiger partial charge in [-0.25, -0.2) is 12.8 Å². The van der Waals surface area contributed by atoms with Crippen molar-refractivity contribution in [3.05, 3.63) is 52.7 Å². The molecule has 1 aromatic heterocycles. The number of carbonyl (C=O) groups is 1. The monoisotopic (exact) mass is 396 g/mol. The van der Waals surface area contributed by atoms with Gasteiger partial charge in [0.15, 0.2) is 0 Å². The predicted octanol–water partition coefficient (Wildman–Crippen LogP) is 2.91. The van der Waals surface area contributed by atoms with Crippen LogP contribution in [0.5, 0.6) is 0 Å². The third-order valence-corrected chi connectivity index (χ3v) is 7.81. The first-order valence-electron chi connectivity index (χ1n) is 8.45. The molecule has 2 heterocycles. The fourth-order valence-electron chi connectivity index (χ4n) is 3.02. The van der Waals surface area contributed by atoms with Crippen molar-refractivity contribution >= 4 is 27.3 Å². The van der Waals surface area contributed by atoms with Crippen molar-refractivity contribution in [3.8, 4) is 0 Å². The summed E-state index contributed by atoms with van der Waals surface area (Å²) in [4.78, 5) is 13.4. The van der Waals surface area contributed by atoms with Crippen molar-refractivity contribution in [3.63, 3.8) is 0 Å². The van der Waals surface area contributed by atoms with Crippen LogP contribution >= 0.6 is 11.3 Å². The van der Waals surface area contributed by atoms with Gasteiger partial charge in [-0.2, -0.15) is 4.31 Å². The first-order valence-corrected chi connectivity index (χ1v) is 10.7. The van der Waals surface area contributed by atoms with E-state index in [1.165, 1.54) is 21.7 Å². The highest BCUT2D eigenvalue weighted by Crippen LogP contribution is 2.28. The summed E-state index contributed by atoms with van der Waals surface area (Å²) < 4.78 is 40.8. The number of nitrogens with zero attached hydrogens (tertiary/aromatic N) is 1. The largest absolute Gasteiger partial charge is 0.352 e. The highest BCUT2D eigenvalue weighted by Gasteiger charge is 2.33. The minimum absolute atomic E-state index is 0.0961. The molecule has 0 radical (unpaired) electrons. The molecule has 2 aromatic rings. The summed E-state index contributed by atoms with van der Waals surface area (Å²) in [7, 11) is -3.57. The fourth-order valence-corrected chi connectivity index (χ4v) is 5.98. The van der Waals surface area contributed by atoms with Crippen molar-refractivity contribution in [2.45, 2.75) is 30.5 Å². The topological polar surface area (TPSA) is 66.5 Å². The van der Waals surface area contributed by atoms with Gasteiger partial charge in [0.05, 0.1) is 5.92 Å². The van der Waals surface area contributed by atoms with E-state index in [1.807, 2.05) is 6.92 Å². The lowest BCUT2D eigenvalue weighted by Gasteiger charge is -2.30. The van der Waals surface area contributed by atoms with Crippen LogP contribution in [0.1, 0.15) is 23.3 Å². The Balaban J connectivity index is 1.64.